The fourth-order valence-electron chi connectivity index (χ4n) is 3.81. The minimum Gasteiger partial charge on any atom is -0.507 e. The van der Waals surface area contributed by atoms with E-state index in [-0.39, 0.29) is 33.3 Å². The van der Waals surface area contributed by atoms with Crippen LogP contribution in [0.2, 0.25) is 5.02 Å². The highest BCUT2D eigenvalue weighted by Gasteiger charge is 2.48. The first-order chi connectivity index (χ1) is 16.3. The molecule has 1 N–H and O–H groups in total. The van der Waals surface area contributed by atoms with E-state index in [0.29, 0.717) is 11.6 Å². The maximum Gasteiger partial charge on any atom is 0.300 e. The van der Waals surface area contributed by atoms with Gasteiger partial charge >= 0.3 is 0 Å². The Morgan fingerprint density at radius 3 is 2.32 bits per heavy atom. The lowest BCUT2D eigenvalue weighted by Gasteiger charge is -2.25. The number of anilines is 1. The van der Waals surface area contributed by atoms with Gasteiger partial charge in [0.1, 0.15) is 28.9 Å². The van der Waals surface area contributed by atoms with Crippen molar-refractivity contribution in [1.29, 1.82) is 0 Å². The van der Waals surface area contributed by atoms with Gasteiger partial charge in [-0.05, 0) is 35.9 Å². The number of ketones is 1. The number of carbonyl (C=O) groups excluding carboxylic acids is 2. The number of benzene rings is 2. The van der Waals surface area contributed by atoms with Gasteiger partial charge in [-0.3, -0.25) is 19.5 Å². The standard InChI is InChI=1S/C24H17ClF2N2O5/c1-33-18-11-15(25)19(34-2)10-14(18)22(30)20-21(12-5-7-28-8-6-12)29(24(32)23(20)31)17-4-3-13(26)9-16(17)27/h3-11,21,30H,1-2H3/b22-20+. The normalized spacial score (nSPS) is 17.2. The van der Waals surface area contributed by atoms with Crippen molar-refractivity contribution in [2.75, 3.05) is 19.1 Å². The van der Waals surface area contributed by atoms with Crippen LogP contribution in [0.4, 0.5) is 14.5 Å². The summed E-state index contributed by atoms with van der Waals surface area (Å²) in [4.78, 5) is 31.1. The number of pyridine rings is 1. The smallest absolute Gasteiger partial charge is 0.300 e. The predicted octanol–water partition coefficient (Wildman–Crippen LogP) is 4.66. The lowest BCUT2D eigenvalue weighted by molar-refractivity contribution is -0.132. The first kappa shape index (κ1) is 23.2. The molecule has 4 rings (SSSR count). The maximum atomic E-state index is 14.7. The molecule has 1 aliphatic heterocycles. The second-order valence-electron chi connectivity index (χ2n) is 7.23. The molecule has 1 aromatic heterocycles. The van der Waals surface area contributed by atoms with E-state index in [1.807, 2.05) is 0 Å². The number of aromatic nitrogens is 1. The summed E-state index contributed by atoms with van der Waals surface area (Å²) in [6.45, 7) is 0. The second-order valence-corrected chi connectivity index (χ2v) is 7.64. The van der Waals surface area contributed by atoms with Crippen LogP contribution in [0, 0.1) is 11.6 Å². The van der Waals surface area contributed by atoms with Crippen molar-refractivity contribution in [2.45, 2.75) is 6.04 Å². The lowest BCUT2D eigenvalue weighted by Crippen LogP contribution is -2.30. The monoisotopic (exact) mass is 486 g/mol. The van der Waals surface area contributed by atoms with Gasteiger partial charge in [-0.2, -0.15) is 0 Å². The Kier molecular flexibility index (Phi) is 6.21. The van der Waals surface area contributed by atoms with Gasteiger partial charge in [0, 0.05) is 24.5 Å². The highest BCUT2D eigenvalue weighted by Crippen LogP contribution is 2.45. The van der Waals surface area contributed by atoms with Crippen molar-refractivity contribution in [3.63, 3.8) is 0 Å². The summed E-state index contributed by atoms with van der Waals surface area (Å²) in [6.07, 6.45) is 2.84. The first-order valence-corrected chi connectivity index (χ1v) is 10.2. The van der Waals surface area contributed by atoms with Crippen LogP contribution in [-0.4, -0.2) is 36.0 Å². The van der Waals surface area contributed by atoms with E-state index in [4.69, 9.17) is 21.1 Å². The molecule has 1 saturated heterocycles. The van der Waals surface area contributed by atoms with Gasteiger partial charge in [0.05, 0.1) is 42.1 Å². The molecule has 0 radical (unpaired) electrons. The number of Topliss-reactive ketones (excluding diaryl/α,β-unsaturated/α-hetero) is 1. The summed E-state index contributed by atoms with van der Waals surface area (Å²) in [5.74, 6) is -4.37. The highest BCUT2D eigenvalue weighted by molar-refractivity contribution is 6.51. The summed E-state index contributed by atoms with van der Waals surface area (Å²) in [6, 6.07) is 7.14. The van der Waals surface area contributed by atoms with E-state index in [9.17, 15) is 23.5 Å². The van der Waals surface area contributed by atoms with Crippen LogP contribution in [0.3, 0.4) is 0 Å². The van der Waals surface area contributed by atoms with Crippen molar-refractivity contribution in [2.24, 2.45) is 0 Å². The molecule has 2 heterocycles. The van der Waals surface area contributed by atoms with Crippen molar-refractivity contribution >= 4 is 34.7 Å². The molecule has 1 amide bonds. The highest BCUT2D eigenvalue weighted by atomic mass is 35.5. The molecule has 34 heavy (non-hydrogen) atoms. The molecule has 7 nitrogen and oxygen atoms in total. The zero-order valence-corrected chi connectivity index (χ0v) is 18.6. The van der Waals surface area contributed by atoms with Crippen LogP contribution in [-0.2, 0) is 9.59 Å². The first-order valence-electron chi connectivity index (χ1n) is 9.86. The third kappa shape index (κ3) is 3.84. The number of aliphatic hydroxyl groups is 1. The number of nitrogens with zero attached hydrogens (tertiary/aromatic N) is 2. The molecular formula is C24H17ClF2N2O5. The number of carbonyl (C=O) groups is 2. The van der Waals surface area contributed by atoms with E-state index in [1.165, 1.54) is 50.9 Å². The van der Waals surface area contributed by atoms with E-state index < -0.39 is 35.1 Å². The molecule has 1 fully saturated rings. The topological polar surface area (TPSA) is 89.0 Å². The van der Waals surface area contributed by atoms with E-state index >= 15 is 0 Å². The van der Waals surface area contributed by atoms with Gasteiger partial charge < -0.3 is 14.6 Å². The summed E-state index contributed by atoms with van der Waals surface area (Å²) < 4.78 is 38.8. The Balaban J connectivity index is 2.01. The molecule has 174 valence electrons. The summed E-state index contributed by atoms with van der Waals surface area (Å²) in [5, 5.41) is 11.5. The van der Waals surface area contributed by atoms with Crippen LogP contribution in [0.5, 0.6) is 11.5 Å². The van der Waals surface area contributed by atoms with Crippen molar-refractivity contribution in [1.82, 2.24) is 4.98 Å². The number of aliphatic hydroxyl groups excluding tert-OH is 1. The van der Waals surface area contributed by atoms with Gasteiger partial charge in [-0.15, -0.1) is 0 Å². The molecular weight excluding hydrogens is 470 g/mol. The van der Waals surface area contributed by atoms with Crippen molar-refractivity contribution in [3.8, 4) is 11.5 Å². The molecule has 0 bridgehead atoms. The number of rotatable bonds is 5. The summed E-state index contributed by atoms with van der Waals surface area (Å²) in [5.41, 5.74) is -0.271. The van der Waals surface area contributed by atoms with Crippen LogP contribution < -0.4 is 14.4 Å². The van der Waals surface area contributed by atoms with E-state index in [0.717, 1.165) is 17.0 Å². The third-order valence-corrected chi connectivity index (χ3v) is 5.66. The lowest BCUT2D eigenvalue weighted by atomic mass is 9.95. The Labute approximate surface area is 197 Å². The summed E-state index contributed by atoms with van der Waals surface area (Å²) in [7, 11) is 2.70. The largest absolute Gasteiger partial charge is 0.507 e. The van der Waals surface area contributed by atoms with Crippen molar-refractivity contribution in [3.05, 3.63) is 88.2 Å². The van der Waals surface area contributed by atoms with Crippen LogP contribution in [0.25, 0.3) is 5.76 Å². The molecule has 1 atom stereocenters. The minimum atomic E-state index is -1.24. The number of hydrogen-bond acceptors (Lipinski definition) is 6. The maximum absolute atomic E-state index is 14.7. The average molecular weight is 487 g/mol. The van der Waals surface area contributed by atoms with Gasteiger partial charge in [0.25, 0.3) is 11.7 Å². The summed E-state index contributed by atoms with van der Waals surface area (Å²) >= 11 is 6.14. The number of ether oxygens (including phenoxy) is 2. The van der Waals surface area contributed by atoms with Crippen LogP contribution >= 0.6 is 11.6 Å². The molecule has 10 heteroatoms. The average Bonchev–Trinajstić information content (AvgIpc) is 3.09. The fraction of sp³-hybridized carbons (Fsp3) is 0.125. The van der Waals surface area contributed by atoms with Gasteiger partial charge in [-0.1, -0.05) is 11.6 Å². The predicted molar refractivity (Wildman–Crippen MR) is 120 cm³/mol. The zero-order chi connectivity index (χ0) is 24.6. The van der Waals surface area contributed by atoms with Crippen LogP contribution in [0.15, 0.2) is 60.4 Å². The Morgan fingerprint density at radius 1 is 1.03 bits per heavy atom. The van der Waals surface area contributed by atoms with E-state index in [1.54, 1.807) is 0 Å². The zero-order valence-electron chi connectivity index (χ0n) is 17.9. The molecule has 2 aromatic carbocycles. The number of methoxy groups -OCH3 is 2. The van der Waals surface area contributed by atoms with Gasteiger partial charge in [-0.25, -0.2) is 8.78 Å². The quantitative estimate of drug-likeness (QED) is 0.320. The number of amides is 1. The Morgan fingerprint density at radius 2 is 1.71 bits per heavy atom. The molecule has 0 spiro atoms. The molecule has 1 aliphatic rings. The van der Waals surface area contributed by atoms with E-state index in [2.05, 4.69) is 4.98 Å². The number of hydrogen-bond donors (Lipinski definition) is 1. The van der Waals surface area contributed by atoms with Gasteiger partial charge in [0.2, 0.25) is 0 Å². The molecule has 0 aliphatic carbocycles. The Bertz CT molecular complexity index is 1330. The fourth-order valence-corrected chi connectivity index (χ4v) is 4.04. The number of halogens is 3. The third-order valence-electron chi connectivity index (χ3n) is 5.36. The molecule has 1 unspecified atom stereocenters. The SMILES string of the molecule is COc1cc(/C(O)=C2\C(=O)C(=O)N(c3ccc(F)cc3F)C2c2ccncc2)c(OC)cc1Cl. The van der Waals surface area contributed by atoms with Gasteiger partial charge in [0.15, 0.2) is 0 Å². The Hall–Kier alpha value is -3.98. The molecule has 0 saturated carbocycles. The van der Waals surface area contributed by atoms with Crippen molar-refractivity contribution < 1.29 is 33.0 Å². The minimum absolute atomic E-state index is 0.0281. The second kappa shape index (κ2) is 9.11. The molecule has 3 aromatic rings. The van der Waals surface area contributed by atoms with Crippen LogP contribution in [0.1, 0.15) is 17.2 Å².